The quantitative estimate of drug-likeness (QED) is 0.598. The Labute approximate surface area is 113 Å². The molecular weight excluding hydrogens is 236 g/mol. The number of methoxy groups -OCH3 is 1. The Hall–Kier alpha value is -2.19. The summed E-state index contributed by atoms with van der Waals surface area (Å²) in [5.41, 5.74) is 2.78. The smallest absolute Gasteiger partial charge is 0.185 e. The van der Waals surface area contributed by atoms with Crippen molar-refractivity contribution in [2.24, 2.45) is 0 Å². The molecule has 0 aliphatic heterocycles. The molecule has 0 saturated carbocycles. The SMILES string of the molecule is COCc1ccccc1C=CC(=O)c1ccccc1. The average Bonchev–Trinajstić information content (AvgIpc) is 2.47. The summed E-state index contributed by atoms with van der Waals surface area (Å²) in [6.45, 7) is 0.542. The zero-order chi connectivity index (χ0) is 13.5. The Kier molecular flexibility index (Phi) is 4.65. The highest BCUT2D eigenvalue weighted by Gasteiger charge is 2.01. The summed E-state index contributed by atoms with van der Waals surface area (Å²) < 4.78 is 5.14. The van der Waals surface area contributed by atoms with E-state index in [0.29, 0.717) is 12.2 Å². The Bertz CT molecular complexity index is 571. The standard InChI is InChI=1S/C17H16O2/c1-19-13-16-10-6-5-7-14(16)11-12-17(18)15-8-3-2-4-9-15/h2-12H,13H2,1H3. The lowest BCUT2D eigenvalue weighted by Crippen LogP contribution is -1.94. The molecule has 2 nitrogen and oxygen atoms in total. The van der Waals surface area contributed by atoms with Crippen LogP contribution in [0.2, 0.25) is 0 Å². The van der Waals surface area contributed by atoms with Crippen LogP contribution in [0.4, 0.5) is 0 Å². The maximum atomic E-state index is 12.0. The van der Waals surface area contributed by atoms with Crippen LogP contribution in [0.3, 0.4) is 0 Å². The first-order valence-electron chi connectivity index (χ1n) is 6.15. The molecule has 2 aromatic carbocycles. The first-order chi connectivity index (χ1) is 9.31. The van der Waals surface area contributed by atoms with Crippen LogP contribution in [0.5, 0.6) is 0 Å². The summed E-state index contributed by atoms with van der Waals surface area (Å²) in [5.74, 6) is 0.00724. The Morgan fingerprint density at radius 3 is 2.47 bits per heavy atom. The molecule has 0 amide bonds. The van der Waals surface area contributed by atoms with E-state index in [1.165, 1.54) is 0 Å². The van der Waals surface area contributed by atoms with Gasteiger partial charge in [0.1, 0.15) is 0 Å². The van der Waals surface area contributed by atoms with Gasteiger partial charge in [0.15, 0.2) is 5.78 Å². The topological polar surface area (TPSA) is 26.3 Å². The van der Waals surface area contributed by atoms with Gasteiger partial charge in [-0.05, 0) is 17.2 Å². The third kappa shape index (κ3) is 3.63. The van der Waals surface area contributed by atoms with Crippen molar-refractivity contribution >= 4 is 11.9 Å². The molecule has 0 unspecified atom stereocenters. The van der Waals surface area contributed by atoms with Crippen molar-refractivity contribution in [2.45, 2.75) is 6.61 Å². The molecule has 0 heterocycles. The number of allylic oxidation sites excluding steroid dienone is 1. The van der Waals surface area contributed by atoms with E-state index in [2.05, 4.69) is 0 Å². The molecule has 0 fully saturated rings. The lowest BCUT2D eigenvalue weighted by atomic mass is 10.1. The minimum absolute atomic E-state index is 0.00724. The zero-order valence-electron chi connectivity index (χ0n) is 10.9. The van der Waals surface area contributed by atoms with Gasteiger partial charge in [-0.2, -0.15) is 0 Å². The fourth-order valence-electron chi connectivity index (χ4n) is 1.85. The largest absolute Gasteiger partial charge is 0.380 e. The van der Waals surface area contributed by atoms with E-state index in [-0.39, 0.29) is 5.78 Å². The van der Waals surface area contributed by atoms with Crippen molar-refractivity contribution in [3.8, 4) is 0 Å². The second-order valence-corrected chi connectivity index (χ2v) is 4.20. The number of carbonyl (C=O) groups is 1. The van der Waals surface area contributed by atoms with E-state index < -0.39 is 0 Å². The minimum Gasteiger partial charge on any atom is -0.380 e. The normalized spacial score (nSPS) is 10.8. The number of ether oxygens (including phenoxy) is 1. The van der Waals surface area contributed by atoms with Gasteiger partial charge in [-0.25, -0.2) is 0 Å². The molecule has 0 saturated heterocycles. The van der Waals surface area contributed by atoms with Crippen LogP contribution in [0.25, 0.3) is 6.08 Å². The monoisotopic (exact) mass is 252 g/mol. The highest BCUT2D eigenvalue weighted by Crippen LogP contribution is 2.12. The summed E-state index contributed by atoms with van der Waals surface area (Å²) in [6, 6.07) is 17.1. The van der Waals surface area contributed by atoms with Gasteiger partial charge in [0.2, 0.25) is 0 Å². The molecule has 0 atom stereocenters. The van der Waals surface area contributed by atoms with Gasteiger partial charge in [0, 0.05) is 12.7 Å². The van der Waals surface area contributed by atoms with Crippen molar-refractivity contribution < 1.29 is 9.53 Å². The summed E-state index contributed by atoms with van der Waals surface area (Å²) in [5, 5.41) is 0. The van der Waals surface area contributed by atoms with Gasteiger partial charge in [0.25, 0.3) is 0 Å². The third-order valence-corrected chi connectivity index (χ3v) is 2.83. The van der Waals surface area contributed by atoms with Gasteiger partial charge >= 0.3 is 0 Å². The molecule has 0 aromatic heterocycles. The summed E-state index contributed by atoms with van der Waals surface area (Å²) in [6.07, 6.45) is 3.44. The van der Waals surface area contributed by atoms with Gasteiger partial charge in [0.05, 0.1) is 6.61 Å². The maximum Gasteiger partial charge on any atom is 0.185 e. The van der Waals surface area contributed by atoms with E-state index in [0.717, 1.165) is 11.1 Å². The van der Waals surface area contributed by atoms with Crippen LogP contribution in [0, 0.1) is 0 Å². The predicted molar refractivity (Wildman–Crippen MR) is 77.0 cm³/mol. The number of rotatable bonds is 5. The molecule has 2 rings (SSSR count). The lowest BCUT2D eigenvalue weighted by molar-refractivity contribution is 0.104. The fraction of sp³-hybridized carbons (Fsp3) is 0.118. The van der Waals surface area contributed by atoms with E-state index >= 15 is 0 Å². The molecule has 96 valence electrons. The lowest BCUT2D eigenvalue weighted by Gasteiger charge is -2.04. The van der Waals surface area contributed by atoms with Gasteiger partial charge in [-0.1, -0.05) is 60.7 Å². The summed E-state index contributed by atoms with van der Waals surface area (Å²) in [4.78, 5) is 12.0. The van der Waals surface area contributed by atoms with Gasteiger partial charge in [-0.3, -0.25) is 4.79 Å². The molecule has 0 N–H and O–H groups in total. The molecule has 0 bridgehead atoms. The average molecular weight is 252 g/mol. The number of carbonyl (C=O) groups excluding carboxylic acids is 1. The molecule has 19 heavy (non-hydrogen) atoms. The highest BCUT2D eigenvalue weighted by atomic mass is 16.5. The van der Waals surface area contributed by atoms with Crippen LogP contribution in [0.1, 0.15) is 21.5 Å². The maximum absolute atomic E-state index is 12.0. The number of benzene rings is 2. The molecule has 0 radical (unpaired) electrons. The summed E-state index contributed by atoms with van der Waals surface area (Å²) >= 11 is 0. The second kappa shape index (κ2) is 6.66. The van der Waals surface area contributed by atoms with Crippen molar-refractivity contribution in [3.05, 3.63) is 77.4 Å². The van der Waals surface area contributed by atoms with E-state index in [1.807, 2.05) is 60.7 Å². The third-order valence-electron chi connectivity index (χ3n) is 2.83. The van der Waals surface area contributed by atoms with Gasteiger partial charge in [-0.15, -0.1) is 0 Å². The molecular formula is C17H16O2. The van der Waals surface area contributed by atoms with Crippen molar-refractivity contribution in [2.75, 3.05) is 7.11 Å². The number of hydrogen-bond donors (Lipinski definition) is 0. The van der Waals surface area contributed by atoms with Gasteiger partial charge < -0.3 is 4.74 Å². The van der Waals surface area contributed by atoms with Crippen LogP contribution in [-0.2, 0) is 11.3 Å². The second-order valence-electron chi connectivity index (χ2n) is 4.20. The Morgan fingerprint density at radius 2 is 1.74 bits per heavy atom. The number of ketones is 1. The van der Waals surface area contributed by atoms with Crippen molar-refractivity contribution in [3.63, 3.8) is 0 Å². The van der Waals surface area contributed by atoms with Crippen LogP contribution >= 0.6 is 0 Å². The van der Waals surface area contributed by atoms with Crippen molar-refractivity contribution in [1.82, 2.24) is 0 Å². The first-order valence-corrected chi connectivity index (χ1v) is 6.15. The molecule has 0 aliphatic carbocycles. The molecule has 2 aromatic rings. The van der Waals surface area contributed by atoms with Crippen LogP contribution < -0.4 is 0 Å². The fourth-order valence-corrected chi connectivity index (χ4v) is 1.85. The Morgan fingerprint density at radius 1 is 1.05 bits per heavy atom. The molecule has 2 heteroatoms. The molecule has 0 spiro atoms. The zero-order valence-corrected chi connectivity index (χ0v) is 10.9. The molecule has 0 aliphatic rings. The first kappa shape index (κ1) is 13.2. The Balaban J connectivity index is 2.17. The van der Waals surface area contributed by atoms with E-state index in [9.17, 15) is 4.79 Å². The minimum atomic E-state index is 0.00724. The van der Waals surface area contributed by atoms with E-state index in [4.69, 9.17) is 4.74 Å². The van der Waals surface area contributed by atoms with Crippen LogP contribution in [0.15, 0.2) is 60.7 Å². The van der Waals surface area contributed by atoms with Crippen LogP contribution in [-0.4, -0.2) is 12.9 Å². The number of hydrogen-bond acceptors (Lipinski definition) is 2. The summed E-state index contributed by atoms with van der Waals surface area (Å²) in [7, 11) is 1.66. The van der Waals surface area contributed by atoms with E-state index in [1.54, 1.807) is 13.2 Å². The predicted octanol–water partition coefficient (Wildman–Crippen LogP) is 3.73. The highest BCUT2D eigenvalue weighted by molar-refractivity contribution is 6.06. The van der Waals surface area contributed by atoms with Crippen molar-refractivity contribution in [1.29, 1.82) is 0 Å².